The molecule has 2 fully saturated rings. The topological polar surface area (TPSA) is 156 Å². The van der Waals surface area contributed by atoms with Gasteiger partial charge in [-0.2, -0.15) is 5.26 Å². The van der Waals surface area contributed by atoms with E-state index in [0.29, 0.717) is 18.5 Å². The number of carbonyl (C=O) groups is 2. The standard InChI is InChI=1S/C11H10ClN3O3.C6H11NO3.ClH/c12-8-1-6(3-13)4-14-10(8)15-5-7(16)2-9(15)11(17)18;1-10-6(9)5-2-4(8)3-7-5;/h1,4,7,9,16H,2,5H2,(H,17,18);4-5,7-8H,2-3H2,1H3;1H/t7-,9+;4?,5-;/m10./s1. The fourth-order valence-electron chi connectivity index (χ4n) is 3.02. The van der Waals surface area contributed by atoms with Gasteiger partial charge >= 0.3 is 11.9 Å². The van der Waals surface area contributed by atoms with Crippen LogP contribution in [-0.2, 0) is 14.3 Å². The molecule has 1 aromatic rings. The molecule has 12 heteroatoms. The van der Waals surface area contributed by atoms with E-state index in [0.717, 1.165) is 0 Å². The summed E-state index contributed by atoms with van der Waals surface area (Å²) in [6.07, 6.45) is 0.800. The van der Waals surface area contributed by atoms with Gasteiger partial charge in [0.05, 0.1) is 29.9 Å². The highest BCUT2D eigenvalue weighted by atomic mass is 35.5. The van der Waals surface area contributed by atoms with Gasteiger partial charge < -0.3 is 30.3 Å². The number of nitrogens with one attached hydrogen (secondary N) is 1. The van der Waals surface area contributed by atoms with Crippen molar-refractivity contribution < 1.29 is 29.6 Å². The quantitative estimate of drug-likeness (QED) is 0.461. The third-order valence-corrected chi connectivity index (χ3v) is 4.66. The molecule has 0 spiro atoms. The van der Waals surface area contributed by atoms with Crippen molar-refractivity contribution in [2.45, 2.75) is 37.1 Å². The SMILES string of the molecule is COC(=O)[C@@H]1CC(O)CN1.Cl.N#Cc1cnc(N2C[C@H](O)C[C@H]2C(=O)O)c(Cl)c1. The molecule has 0 radical (unpaired) electrons. The lowest BCUT2D eigenvalue weighted by molar-refractivity contribution is -0.143. The smallest absolute Gasteiger partial charge is 0.326 e. The minimum atomic E-state index is -1.03. The van der Waals surface area contributed by atoms with E-state index in [4.69, 9.17) is 27.1 Å². The highest BCUT2D eigenvalue weighted by Crippen LogP contribution is 2.30. The number of aliphatic hydroxyl groups excluding tert-OH is 2. The normalized spacial score (nSPS) is 25.3. The minimum absolute atomic E-state index is 0. The van der Waals surface area contributed by atoms with Crippen molar-refractivity contribution in [1.82, 2.24) is 10.3 Å². The largest absolute Gasteiger partial charge is 0.480 e. The number of ether oxygens (including phenoxy) is 1. The maximum atomic E-state index is 11.1. The van der Waals surface area contributed by atoms with Crippen molar-refractivity contribution in [3.8, 4) is 6.07 Å². The predicted molar refractivity (Wildman–Crippen MR) is 105 cm³/mol. The Balaban J connectivity index is 0.000000327. The molecular formula is C17H22Cl2N4O6. The van der Waals surface area contributed by atoms with Crippen molar-refractivity contribution >= 4 is 41.8 Å². The molecule has 3 rings (SSSR count). The molecule has 1 unspecified atom stereocenters. The number of carboxylic acid groups (broad SMARTS) is 1. The average Bonchev–Trinajstić information content (AvgIpc) is 3.27. The molecule has 2 saturated heterocycles. The maximum absolute atomic E-state index is 11.1. The zero-order chi connectivity index (χ0) is 20.8. The zero-order valence-corrected chi connectivity index (χ0v) is 17.1. The molecule has 0 saturated carbocycles. The number of aliphatic carboxylic acids is 1. The predicted octanol–water partition coefficient (Wildman–Crippen LogP) is -0.0651. The summed E-state index contributed by atoms with van der Waals surface area (Å²) < 4.78 is 4.47. The second-order valence-electron chi connectivity index (χ2n) is 6.41. The summed E-state index contributed by atoms with van der Waals surface area (Å²) in [4.78, 5) is 27.3. The number of esters is 1. The lowest BCUT2D eigenvalue weighted by Crippen LogP contribution is -2.36. The van der Waals surface area contributed by atoms with E-state index in [2.05, 4.69) is 15.0 Å². The van der Waals surface area contributed by atoms with E-state index < -0.39 is 24.2 Å². The Hall–Kier alpha value is -2.16. The maximum Gasteiger partial charge on any atom is 0.326 e. The van der Waals surface area contributed by atoms with Gasteiger partial charge in [-0.3, -0.25) is 4.79 Å². The summed E-state index contributed by atoms with van der Waals surface area (Å²) in [5.41, 5.74) is 0.301. The van der Waals surface area contributed by atoms with Crippen LogP contribution in [0.4, 0.5) is 5.82 Å². The number of carboxylic acids is 1. The Morgan fingerprint density at radius 1 is 1.38 bits per heavy atom. The first-order valence-corrected chi connectivity index (χ1v) is 8.87. The first kappa shape index (κ1) is 24.9. The number of pyridine rings is 1. The molecule has 4 atom stereocenters. The van der Waals surface area contributed by atoms with E-state index in [-0.39, 0.29) is 48.2 Å². The van der Waals surface area contributed by atoms with Gasteiger partial charge in [0.2, 0.25) is 0 Å². The third kappa shape index (κ3) is 6.42. The zero-order valence-electron chi connectivity index (χ0n) is 15.5. The summed E-state index contributed by atoms with van der Waals surface area (Å²) in [6.45, 7) is 0.648. The molecule has 10 nitrogen and oxygen atoms in total. The van der Waals surface area contributed by atoms with Gasteiger partial charge in [-0.1, -0.05) is 11.6 Å². The number of anilines is 1. The first-order chi connectivity index (χ1) is 13.3. The Bertz CT molecular complexity index is 775. The van der Waals surface area contributed by atoms with Crippen LogP contribution in [0.2, 0.25) is 5.02 Å². The number of hydrogen-bond acceptors (Lipinski definition) is 9. The van der Waals surface area contributed by atoms with Crippen LogP contribution in [0, 0.1) is 11.3 Å². The summed E-state index contributed by atoms with van der Waals surface area (Å²) in [6, 6.07) is 2.17. The van der Waals surface area contributed by atoms with Crippen LogP contribution in [0.5, 0.6) is 0 Å². The molecule has 0 bridgehead atoms. The second kappa shape index (κ2) is 11.1. The van der Waals surface area contributed by atoms with Crippen molar-refractivity contribution in [3.63, 3.8) is 0 Å². The number of β-amino-alcohol motifs (C(OH)–C–C–N with tert-alkyl or cyclic N) is 2. The number of aliphatic hydroxyl groups is 2. The van der Waals surface area contributed by atoms with Gasteiger partial charge in [-0.15, -0.1) is 12.4 Å². The number of rotatable bonds is 3. The molecule has 4 N–H and O–H groups in total. The number of methoxy groups -OCH3 is 1. The number of nitriles is 1. The number of hydrogen-bond donors (Lipinski definition) is 4. The van der Waals surface area contributed by atoms with Gasteiger partial charge in [-0.25, -0.2) is 9.78 Å². The molecular weight excluding hydrogens is 427 g/mol. The van der Waals surface area contributed by atoms with E-state index >= 15 is 0 Å². The minimum Gasteiger partial charge on any atom is -0.480 e. The molecule has 3 heterocycles. The lowest BCUT2D eigenvalue weighted by Gasteiger charge is -2.23. The van der Waals surface area contributed by atoms with E-state index in [1.54, 1.807) is 0 Å². The van der Waals surface area contributed by atoms with Crippen LogP contribution < -0.4 is 10.2 Å². The van der Waals surface area contributed by atoms with Crippen molar-refractivity contribution in [1.29, 1.82) is 5.26 Å². The molecule has 29 heavy (non-hydrogen) atoms. The van der Waals surface area contributed by atoms with Crippen molar-refractivity contribution in [3.05, 3.63) is 22.8 Å². The number of nitrogens with zero attached hydrogens (tertiary/aromatic N) is 3. The lowest BCUT2D eigenvalue weighted by atomic mass is 10.2. The first-order valence-electron chi connectivity index (χ1n) is 8.49. The summed E-state index contributed by atoms with van der Waals surface area (Å²) in [7, 11) is 1.34. The Morgan fingerprint density at radius 3 is 2.55 bits per heavy atom. The summed E-state index contributed by atoms with van der Waals surface area (Å²) in [5, 5.41) is 39.3. The van der Waals surface area contributed by atoms with Crippen molar-refractivity contribution in [2.75, 3.05) is 25.1 Å². The molecule has 1 aromatic heterocycles. The van der Waals surface area contributed by atoms with Gasteiger partial charge in [0.25, 0.3) is 0 Å². The van der Waals surface area contributed by atoms with Crippen LogP contribution in [0.1, 0.15) is 18.4 Å². The number of carbonyl (C=O) groups excluding carboxylic acids is 1. The number of halogens is 2. The van der Waals surface area contributed by atoms with Crippen LogP contribution in [0.25, 0.3) is 0 Å². The fourth-order valence-corrected chi connectivity index (χ4v) is 3.30. The van der Waals surface area contributed by atoms with Crippen LogP contribution >= 0.6 is 24.0 Å². The van der Waals surface area contributed by atoms with Gasteiger partial charge in [0, 0.05) is 32.1 Å². The van der Waals surface area contributed by atoms with E-state index in [1.807, 2.05) is 6.07 Å². The van der Waals surface area contributed by atoms with Gasteiger partial charge in [-0.05, 0) is 6.07 Å². The monoisotopic (exact) mass is 448 g/mol. The molecule has 160 valence electrons. The molecule has 0 amide bonds. The molecule has 0 aliphatic carbocycles. The Morgan fingerprint density at radius 2 is 2.07 bits per heavy atom. The Labute approximate surface area is 178 Å². The van der Waals surface area contributed by atoms with Gasteiger partial charge in [0.1, 0.15) is 24.0 Å². The summed E-state index contributed by atoms with van der Waals surface area (Å²) in [5.74, 6) is -1.05. The fraction of sp³-hybridized carbons (Fsp3) is 0.529. The van der Waals surface area contributed by atoms with Crippen LogP contribution in [-0.4, -0.2) is 76.7 Å². The van der Waals surface area contributed by atoms with Crippen LogP contribution in [0.3, 0.4) is 0 Å². The van der Waals surface area contributed by atoms with E-state index in [1.165, 1.54) is 24.3 Å². The Kier molecular flexibility index (Phi) is 9.55. The highest BCUT2D eigenvalue weighted by Gasteiger charge is 2.37. The van der Waals surface area contributed by atoms with E-state index in [9.17, 15) is 14.7 Å². The summed E-state index contributed by atoms with van der Waals surface area (Å²) >= 11 is 5.98. The highest BCUT2D eigenvalue weighted by molar-refractivity contribution is 6.33. The average molecular weight is 449 g/mol. The van der Waals surface area contributed by atoms with Crippen LogP contribution in [0.15, 0.2) is 12.3 Å². The molecule has 2 aliphatic heterocycles. The van der Waals surface area contributed by atoms with Gasteiger partial charge in [0.15, 0.2) is 0 Å². The third-order valence-electron chi connectivity index (χ3n) is 4.38. The molecule has 2 aliphatic rings. The van der Waals surface area contributed by atoms with Crippen molar-refractivity contribution in [2.24, 2.45) is 0 Å². The second-order valence-corrected chi connectivity index (χ2v) is 6.82. The molecule has 0 aromatic carbocycles. The number of aromatic nitrogens is 1.